The fourth-order valence-corrected chi connectivity index (χ4v) is 2.27. The van der Waals surface area contributed by atoms with E-state index in [9.17, 15) is 9.59 Å². The van der Waals surface area contributed by atoms with E-state index in [0.717, 1.165) is 12.0 Å². The fraction of sp³-hybridized carbons (Fsp3) is 0.364. The van der Waals surface area contributed by atoms with Crippen molar-refractivity contribution >= 4 is 17.6 Å². The van der Waals surface area contributed by atoms with E-state index in [0.29, 0.717) is 5.82 Å². The summed E-state index contributed by atoms with van der Waals surface area (Å²) in [5.41, 5.74) is 3.21. The van der Waals surface area contributed by atoms with E-state index in [1.807, 2.05) is 0 Å². The first kappa shape index (κ1) is 10.2. The van der Waals surface area contributed by atoms with Crippen LogP contribution in [0.5, 0.6) is 0 Å². The number of pyridine rings is 1. The standard InChI is InChI=1S/C11H12N4O2/c12-14-9-6(2-1-3-13-9)5-15-10(16)7-4-8(7)11(15)17/h1-3,7-8H,4-5,12H2,(H,13,14). The molecule has 88 valence electrons. The molecular formula is C11H12N4O2. The number of nitrogens with zero attached hydrogens (tertiary/aromatic N) is 2. The number of hydrogen-bond acceptors (Lipinski definition) is 5. The van der Waals surface area contributed by atoms with Crippen LogP contribution >= 0.6 is 0 Å². The van der Waals surface area contributed by atoms with Gasteiger partial charge in [0.15, 0.2) is 0 Å². The van der Waals surface area contributed by atoms with E-state index in [-0.39, 0.29) is 30.2 Å². The van der Waals surface area contributed by atoms with Gasteiger partial charge >= 0.3 is 0 Å². The lowest BCUT2D eigenvalue weighted by atomic mass is 10.2. The second-order valence-electron chi connectivity index (χ2n) is 4.37. The second kappa shape index (κ2) is 3.53. The number of nitrogen functional groups attached to an aromatic ring is 1. The third-order valence-electron chi connectivity index (χ3n) is 3.31. The summed E-state index contributed by atoms with van der Waals surface area (Å²) in [6.45, 7) is 0.248. The van der Waals surface area contributed by atoms with Crippen molar-refractivity contribution in [1.82, 2.24) is 9.88 Å². The molecule has 0 radical (unpaired) electrons. The lowest BCUT2D eigenvalue weighted by Gasteiger charge is -2.17. The SMILES string of the molecule is NNc1ncccc1CN1C(=O)C2CC2C1=O. The normalized spacial score (nSPS) is 26.1. The minimum atomic E-state index is -0.0631. The first-order valence-corrected chi connectivity index (χ1v) is 5.48. The number of hydrazine groups is 1. The van der Waals surface area contributed by atoms with Crippen LogP contribution in [0.4, 0.5) is 5.82 Å². The Morgan fingerprint density at radius 1 is 1.41 bits per heavy atom. The van der Waals surface area contributed by atoms with Crippen molar-refractivity contribution in [3.05, 3.63) is 23.9 Å². The minimum absolute atomic E-state index is 0.0616. The molecule has 2 unspecified atom stereocenters. The number of carbonyl (C=O) groups excluding carboxylic acids is 2. The Hall–Kier alpha value is -1.95. The van der Waals surface area contributed by atoms with Gasteiger partial charge in [-0.1, -0.05) is 6.07 Å². The molecule has 2 atom stereocenters. The van der Waals surface area contributed by atoms with Crippen LogP contribution in [0, 0.1) is 11.8 Å². The molecule has 0 spiro atoms. The van der Waals surface area contributed by atoms with Gasteiger partial charge in [0.25, 0.3) is 0 Å². The molecule has 2 amide bonds. The van der Waals surface area contributed by atoms with Gasteiger partial charge in [-0.15, -0.1) is 0 Å². The first-order chi connectivity index (χ1) is 8.22. The summed E-state index contributed by atoms with van der Waals surface area (Å²) in [6, 6.07) is 3.55. The fourth-order valence-electron chi connectivity index (χ4n) is 2.27. The van der Waals surface area contributed by atoms with Crippen LogP contribution in [0.15, 0.2) is 18.3 Å². The van der Waals surface area contributed by atoms with Gasteiger partial charge in [-0.05, 0) is 12.5 Å². The number of imide groups is 1. The van der Waals surface area contributed by atoms with Crippen molar-refractivity contribution in [2.45, 2.75) is 13.0 Å². The predicted molar refractivity (Wildman–Crippen MR) is 59.2 cm³/mol. The minimum Gasteiger partial charge on any atom is -0.308 e. The molecule has 1 saturated carbocycles. The Morgan fingerprint density at radius 3 is 2.76 bits per heavy atom. The van der Waals surface area contributed by atoms with E-state index >= 15 is 0 Å². The summed E-state index contributed by atoms with van der Waals surface area (Å²) in [6.07, 6.45) is 2.33. The average Bonchev–Trinajstić information content (AvgIpc) is 3.10. The Bertz CT molecular complexity index is 482. The summed E-state index contributed by atoms with van der Waals surface area (Å²) < 4.78 is 0. The van der Waals surface area contributed by atoms with Gasteiger partial charge in [0.1, 0.15) is 5.82 Å². The molecule has 0 bridgehead atoms. The monoisotopic (exact) mass is 232 g/mol. The summed E-state index contributed by atoms with van der Waals surface area (Å²) in [5, 5.41) is 0. The van der Waals surface area contributed by atoms with Crippen molar-refractivity contribution in [3.63, 3.8) is 0 Å². The highest BCUT2D eigenvalue weighted by Gasteiger charge is 2.58. The Balaban J connectivity index is 1.83. The van der Waals surface area contributed by atoms with E-state index in [2.05, 4.69) is 10.4 Å². The number of aromatic nitrogens is 1. The van der Waals surface area contributed by atoms with Gasteiger partial charge in [0, 0.05) is 11.8 Å². The highest BCUT2D eigenvalue weighted by Crippen LogP contribution is 2.47. The summed E-state index contributed by atoms with van der Waals surface area (Å²) in [7, 11) is 0. The first-order valence-electron chi connectivity index (χ1n) is 5.48. The number of fused-ring (bicyclic) bond motifs is 1. The molecule has 2 aliphatic rings. The molecule has 0 aromatic carbocycles. The van der Waals surface area contributed by atoms with Crippen LogP contribution in [0.1, 0.15) is 12.0 Å². The molecular weight excluding hydrogens is 220 g/mol. The molecule has 1 aliphatic heterocycles. The zero-order chi connectivity index (χ0) is 12.0. The number of rotatable bonds is 3. The molecule has 1 saturated heterocycles. The second-order valence-corrected chi connectivity index (χ2v) is 4.37. The van der Waals surface area contributed by atoms with Crippen LogP contribution in [0.3, 0.4) is 0 Å². The van der Waals surface area contributed by atoms with Crippen LogP contribution < -0.4 is 11.3 Å². The lowest BCUT2D eigenvalue weighted by molar-refractivity contribution is -0.142. The number of carbonyl (C=O) groups is 2. The molecule has 3 rings (SSSR count). The number of nitrogens with one attached hydrogen (secondary N) is 1. The molecule has 6 nitrogen and oxygen atoms in total. The van der Waals surface area contributed by atoms with Gasteiger partial charge in [-0.3, -0.25) is 14.5 Å². The maximum absolute atomic E-state index is 11.8. The van der Waals surface area contributed by atoms with Gasteiger partial charge in [-0.2, -0.15) is 0 Å². The van der Waals surface area contributed by atoms with E-state index in [1.165, 1.54) is 4.90 Å². The molecule has 1 aromatic rings. The Kier molecular flexibility index (Phi) is 2.12. The molecule has 17 heavy (non-hydrogen) atoms. The van der Waals surface area contributed by atoms with Gasteiger partial charge in [-0.25, -0.2) is 10.8 Å². The maximum Gasteiger partial charge on any atom is 0.233 e. The van der Waals surface area contributed by atoms with Crippen molar-refractivity contribution in [3.8, 4) is 0 Å². The van der Waals surface area contributed by atoms with Crippen LogP contribution in [0.25, 0.3) is 0 Å². The highest BCUT2D eigenvalue weighted by molar-refractivity contribution is 6.08. The van der Waals surface area contributed by atoms with Crippen LogP contribution in [0.2, 0.25) is 0 Å². The van der Waals surface area contributed by atoms with Gasteiger partial charge in [0.05, 0.1) is 18.4 Å². The Morgan fingerprint density at radius 2 is 2.12 bits per heavy atom. The van der Waals surface area contributed by atoms with Gasteiger partial charge < -0.3 is 5.43 Å². The molecule has 1 aromatic heterocycles. The smallest absolute Gasteiger partial charge is 0.233 e. The van der Waals surface area contributed by atoms with E-state index in [1.54, 1.807) is 18.3 Å². The predicted octanol–water partition coefficient (Wildman–Crippen LogP) is -0.128. The molecule has 2 fully saturated rings. The maximum atomic E-state index is 11.8. The molecule has 3 N–H and O–H groups in total. The van der Waals surface area contributed by atoms with Crippen LogP contribution in [-0.2, 0) is 16.1 Å². The van der Waals surface area contributed by atoms with Crippen molar-refractivity contribution in [1.29, 1.82) is 0 Å². The zero-order valence-corrected chi connectivity index (χ0v) is 9.09. The number of piperidine rings is 1. The van der Waals surface area contributed by atoms with E-state index < -0.39 is 0 Å². The van der Waals surface area contributed by atoms with Crippen molar-refractivity contribution in [2.75, 3.05) is 5.43 Å². The Labute approximate surface area is 97.8 Å². The number of likely N-dealkylation sites (tertiary alicyclic amines) is 1. The zero-order valence-electron chi connectivity index (χ0n) is 9.09. The third kappa shape index (κ3) is 1.49. The summed E-state index contributed by atoms with van der Waals surface area (Å²) in [5.74, 6) is 5.57. The largest absolute Gasteiger partial charge is 0.308 e. The summed E-state index contributed by atoms with van der Waals surface area (Å²) >= 11 is 0. The molecule has 1 aliphatic carbocycles. The molecule has 2 heterocycles. The lowest BCUT2D eigenvalue weighted by Crippen LogP contribution is -2.32. The average molecular weight is 232 g/mol. The topological polar surface area (TPSA) is 88.3 Å². The van der Waals surface area contributed by atoms with Crippen molar-refractivity contribution < 1.29 is 9.59 Å². The van der Waals surface area contributed by atoms with E-state index in [4.69, 9.17) is 5.84 Å². The highest BCUT2D eigenvalue weighted by atomic mass is 16.2. The number of anilines is 1. The quantitative estimate of drug-likeness (QED) is 0.430. The van der Waals surface area contributed by atoms with Gasteiger partial charge in [0.2, 0.25) is 11.8 Å². The number of nitrogens with two attached hydrogens (primary N) is 1. The van der Waals surface area contributed by atoms with Crippen LogP contribution in [-0.4, -0.2) is 21.7 Å². The number of hydrogen-bond donors (Lipinski definition) is 2. The summed E-state index contributed by atoms with van der Waals surface area (Å²) in [4.78, 5) is 28.9. The number of amides is 2. The third-order valence-corrected chi connectivity index (χ3v) is 3.31. The van der Waals surface area contributed by atoms with Crippen molar-refractivity contribution in [2.24, 2.45) is 17.7 Å². The molecule has 6 heteroatoms.